The first kappa shape index (κ1) is 21.7. The van der Waals surface area contributed by atoms with Crippen LogP contribution in [0.1, 0.15) is 19.4 Å². The summed E-state index contributed by atoms with van der Waals surface area (Å²) in [6, 6.07) is 5.38. The number of rotatable bonds is 8. The van der Waals surface area contributed by atoms with E-state index in [2.05, 4.69) is 0 Å². The predicted molar refractivity (Wildman–Crippen MR) is 108 cm³/mol. The minimum atomic E-state index is -1.26. The summed E-state index contributed by atoms with van der Waals surface area (Å²) in [4.78, 5) is 47.7. The molecule has 1 aromatic carbocycles. The second-order valence-corrected chi connectivity index (χ2v) is 8.20. The quantitative estimate of drug-likeness (QED) is 0.276. The van der Waals surface area contributed by atoms with Crippen LogP contribution >= 0.6 is 11.8 Å². The van der Waals surface area contributed by atoms with Crippen molar-refractivity contribution >= 4 is 35.1 Å². The summed E-state index contributed by atoms with van der Waals surface area (Å²) in [6.07, 6.45) is 0.678. The van der Waals surface area contributed by atoms with E-state index in [0.717, 1.165) is 17.3 Å². The van der Waals surface area contributed by atoms with Gasteiger partial charge in [-0.2, -0.15) is 0 Å². The lowest BCUT2D eigenvalue weighted by molar-refractivity contribution is -0.384. The first-order valence-electron chi connectivity index (χ1n) is 9.19. The third-order valence-electron chi connectivity index (χ3n) is 5.23. The highest BCUT2D eigenvalue weighted by molar-refractivity contribution is 8.05. The van der Waals surface area contributed by atoms with E-state index in [1.807, 2.05) is 0 Å². The molecule has 0 aromatic heterocycles. The fraction of sp³-hybridized carbons (Fsp3) is 0.350. The van der Waals surface area contributed by atoms with Crippen molar-refractivity contribution in [3.05, 3.63) is 62.0 Å². The maximum Gasteiger partial charge on any atom is 0.353 e. The number of nitro groups is 1. The highest BCUT2D eigenvalue weighted by Crippen LogP contribution is 2.52. The van der Waals surface area contributed by atoms with Crippen molar-refractivity contribution in [1.82, 2.24) is 4.90 Å². The smallest absolute Gasteiger partial charge is 0.353 e. The molecule has 0 radical (unpaired) electrons. The van der Waals surface area contributed by atoms with E-state index in [4.69, 9.17) is 0 Å². The predicted octanol–water partition coefficient (Wildman–Crippen LogP) is 2.11. The lowest BCUT2D eigenvalue weighted by Crippen LogP contribution is -2.64. The van der Waals surface area contributed by atoms with Gasteiger partial charge in [0, 0.05) is 23.0 Å². The summed E-state index contributed by atoms with van der Waals surface area (Å²) in [7, 11) is 0. The Hall–Kier alpha value is -2.98. The number of β-lactam (4-membered cyclic amide) rings is 1. The number of non-ortho nitro benzene ring substituents is 1. The number of ketones is 1. The average Bonchev–Trinajstić information content (AvgIpc) is 2.91. The topological polar surface area (TPSA) is 138 Å². The van der Waals surface area contributed by atoms with Crippen LogP contribution in [-0.4, -0.2) is 49.8 Å². The number of hydrogen-bond acceptors (Lipinski definition) is 7. The fourth-order valence-electron chi connectivity index (χ4n) is 3.94. The van der Waals surface area contributed by atoms with Gasteiger partial charge in [0.15, 0.2) is 5.78 Å². The van der Waals surface area contributed by atoms with E-state index >= 15 is 0 Å². The van der Waals surface area contributed by atoms with E-state index in [1.165, 1.54) is 42.4 Å². The number of aliphatic hydroxyl groups excluding tert-OH is 1. The second-order valence-electron chi connectivity index (χ2n) is 7.25. The highest BCUT2D eigenvalue weighted by atomic mass is 32.2. The first-order chi connectivity index (χ1) is 14.1. The van der Waals surface area contributed by atoms with E-state index in [0.29, 0.717) is 11.3 Å². The number of amides is 1. The van der Waals surface area contributed by atoms with Gasteiger partial charge in [-0.1, -0.05) is 23.9 Å². The standard InChI is InChI=1S/C20H20N2O7S/c1-10(23)7-8-30-18-14(9-12-3-5-13(6-4-12)22(28)29)16-15(11(2)24)19(25)21(16)17(18)20(26)27/h3-8,11,14-16,24H,9H2,1-2H3,(H,26,27)/b8-7-/t11-,14?,15-,16-/m0/s1. The molecule has 1 saturated heterocycles. The average molecular weight is 432 g/mol. The number of hydrogen-bond donors (Lipinski definition) is 2. The second kappa shape index (κ2) is 8.41. The van der Waals surface area contributed by atoms with Crippen LogP contribution in [-0.2, 0) is 20.8 Å². The number of aliphatic carboxylic acids is 1. The maximum absolute atomic E-state index is 12.6. The first-order valence-corrected chi connectivity index (χ1v) is 10.1. The Morgan fingerprint density at radius 2 is 1.97 bits per heavy atom. The number of carboxylic acid groups (broad SMARTS) is 1. The maximum atomic E-state index is 12.6. The zero-order chi connectivity index (χ0) is 22.2. The van der Waals surface area contributed by atoms with Crippen molar-refractivity contribution in [3.8, 4) is 0 Å². The molecule has 2 aliphatic heterocycles. The lowest BCUT2D eigenvalue weighted by Gasteiger charge is -2.47. The van der Waals surface area contributed by atoms with Gasteiger partial charge in [-0.3, -0.25) is 19.7 Å². The van der Waals surface area contributed by atoms with Crippen LogP contribution in [0, 0.1) is 22.0 Å². The molecule has 4 atom stereocenters. The molecule has 2 N–H and O–H groups in total. The molecule has 0 saturated carbocycles. The Labute approximate surface area is 176 Å². The molecule has 0 spiro atoms. The van der Waals surface area contributed by atoms with Crippen LogP contribution in [0.2, 0.25) is 0 Å². The van der Waals surface area contributed by atoms with Crippen LogP contribution in [0.5, 0.6) is 0 Å². The van der Waals surface area contributed by atoms with Gasteiger partial charge >= 0.3 is 5.97 Å². The molecule has 2 aliphatic rings. The monoisotopic (exact) mass is 432 g/mol. The van der Waals surface area contributed by atoms with Gasteiger partial charge in [0.05, 0.1) is 23.0 Å². The van der Waals surface area contributed by atoms with Gasteiger partial charge < -0.3 is 15.1 Å². The van der Waals surface area contributed by atoms with Crippen molar-refractivity contribution in [1.29, 1.82) is 0 Å². The molecule has 1 aromatic rings. The third kappa shape index (κ3) is 3.88. The number of nitrogens with zero attached hydrogens (tertiary/aromatic N) is 2. The molecule has 158 valence electrons. The highest BCUT2D eigenvalue weighted by Gasteiger charge is 2.61. The SMILES string of the molecule is CC(=O)/C=C\SC1=C(C(=O)O)N2C(=O)[C@@H]([C@H](C)O)[C@@H]2C1Cc1ccc([N+](=O)[O-])cc1. The molecule has 1 unspecified atom stereocenters. The van der Waals surface area contributed by atoms with Crippen molar-refractivity contribution in [2.24, 2.45) is 11.8 Å². The number of carbonyl (C=O) groups excluding carboxylic acids is 2. The largest absolute Gasteiger partial charge is 0.477 e. The van der Waals surface area contributed by atoms with Crippen molar-refractivity contribution < 1.29 is 29.5 Å². The normalized spacial score (nSPS) is 24.0. The van der Waals surface area contributed by atoms with E-state index in [1.54, 1.807) is 12.1 Å². The van der Waals surface area contributed by atoms with Crippen LogP contribution in [0.15, 0.2) is 46.4 Å². The number of nitro benzene ring substituents is 1. The van der Waals surface area contributed by atoms with Gasteiger partial charge in [0.1, 0.15) is 5.70 Å². The van der Waals surface area contributed by atoms with Gasteiger partial charge in [-0.25, -0.2) is 4.79 Å². The number of fused-ring (bicyclic) bond motifs is 1. The molecular weight excluding hydrogens is 412 g/mol. The Morgan fingerprint density at radius 1 is 1.33 bits per heavy atom. The zero-order valence-electron chi connectivity index (χ0n) is 16.2. The number of allylic oxidation sites excluding steroid dienone is 1. The summed E-state index contributed by atoms with van der Waals surface area (Å²) in [5.74, 6) is -3.09. The van der Waals surface area contributed by atoms with Gasteiger partial charge in [-0.15, -0.1) is 0 Å². The molecule has 1 amide bonds. The summed E-state index contributed by atoms with van der Waals surface area (Å²) in [5.41, 5.74) is 0.523. The van der Waals surface area contributed by atoms with Crippen LogP contribution in [0.25, 0.3) is 0 Å². The van der Waals surface area contributed by atoms with E-state index in [9.17, 15) is 34.7 Å². The van der Waals surface area contributed by atoms with Gasteiger partial charge in [0.25, 0.3) is 5.69 Å². The number of benzene rings is 1. The minimum Gasteiger partial charge on any atom is -0.477 e. The van der Waals surface area contributed by atoms with Gasteiger partial charge in [0.2, 0.25) is 5.91 Å². The Balaban J connectivity index is 2.00. The van der Waals surface area contributed by atoms with Crippen molar-refractivity contribution in [3.63, 3.8) is 0 Å². The lowest BCUT2D eigenvalue weighted by atomic mass is 9.76. The van der Waals surface area contributed by atoms with Gasteiger partial charge in [-0.05, 0) is 37.3 Å². The number of carbonyl (C=O) groups is 3. The zero-order valence-corrected chi connectivity index (χ0v) is 17.0. The Kier molecular flexibility index (Phi) is 6.09. The summed E-state index contributed by atoms with van der Waals surface area (Å²) in [6.45, 7) is 2.86. The summed E-state index contributed by atoms with van der Waals surface area (Å²) < 4.78 is 0. The molecule has 0 aliphatic carbocycles. The molecule has 10 heteroatoms. The summed E-state index contributed by atoms with van der Waals surface area (Å²) in [5, 5.41) is 32.2. The molecule has 9 nitrogen and oxygen atoms in total. The number of carboxylic acids is 1. The van der Waals surface area contributed by atoms with Crippen molar-refractivity contribution in [2.75, 3.05) is 0 Å². The molecule has 30 heavy (non-hydrogen) atoms. The Bertz CT molecular complexity index is 968. The molecule has 1 fully saturated rings. The van der Waals surface area contributed by atoms with E-state index < -0.39 is 40.8 Å². The summed E-state index contributed by atoms with van der Waals surface area (Å²) >= 11 is 1.06. The third-order valence-corrected chi connectivity index (χ3v) is 6.26. The molecule has 0 bridgehead atoms. The van der Waals surface area contributed by atoms with Crippen LogP contribution < -0.4 is 0 Å². The number of aliphatic hydroxyl groups is 1. The minimum absolute atomic E-state index is 0.0618. The number of thioether (sulfide) groups is 1. The van der Waals surface area contributed by atoms with Crippen LogP contribution in [0.4, 0.5) is 5.69 Å². The van der Waals surface area contributed by atoms with E-state index in [-0.39, 0.29) is 17.2 Å². The molecule has 2 heterocycles. The fourth-order valence-corrected chi connectivity index (χ4v) is 5.04. The Morgan fingerprint density at radius 3 is 2.47 bits per heavy atom. The van der Waals surface area contributed by atoms with Crippen molar-refractivity contribution in [2.45, 2.75) is 32.4 Å². The molecule has 3 rings (SSSR count). The van der Waals surface area contributed by atoms with Crippen LogP contribution in [0.3, 0.4) is 0 Å². The molecular formula is C20H20N2O7S.